The van der Waals surface area contributed by atoms with Crippen molar-refractivity contribution >= 4 is 22.2 Å². The monoisotopic (exact) mass is 325 g/mol. The molecule has 0 amide bonds. The highest BCUT2D eigenvalue weighted by molar-refractivity contribution is 7.10. The number of fused-ring (bicyclic) bond motifs is 1. The largest absolute Gasteiger partial charge is 0.358 e. The number of aromatic amines is 1. The Hall–Kier alpha value is -1.62. The van der Waals surface area contributed by atoms with E-state index < -0.39 is 0 Å². The van der Waals surface area contributed by atoms with Crippen LogP contribution in [0, 0.1) is 6.92 Å². The number of likely N-dealkylation sites (N-methyl/N-ethyl adjacent to an activating group) is 1. The lowest BCUT2D eigenvalue weighted by atomic mass is 9.99. The quantitative estimate of drug-likeness (QED) is 0.789. The van der Waals surface area contributed by atoms with E-state index in [1.165, 1.54) is 27.0 Å². The molecular weight excluding hydrogens is 302 g/mol. The zero-order chi connectivity index (χ0) is 15.8. The summed E-state index contributed by atoms with van der Waals surface area (Å²) < 4.78 is 0. The average molecular weight is 325 g/mol. The summed E-state index contributed by atoms with van der Waals surface area (Å²) in [4.78, 5) is 10.1. The smallest absolute Gasteiger partial charge is 0.0720 e. The van der Waals surface area contributed by atoms with Crippen LogP contribution in [0.1, 0.15) is 22.2 Å². The van der Waals surface area contributed by atoms with E-state index in [1.807, 2.05) is 11.3 Å². The predicted octanol–water partition coefficient (Wildman–Crippen LogP) is 3.87. The van der Waals surface area contributed by atoms with Gasteiger partial charge in [-0.25, -0.2) is 0 Å². The van der Waals surface area contributed by atoms with Crippen molar-refractivity contribution in [2.45, 2.75) is 13.0 Å². The maximum absolute atomic E-state index is 3.58. The minimum Gasteiger partial charge on any atom is -0.358 e. The molecule has 0 spiro atoms. The Kier molecular flexibility index (Phi) is 3.97. The van der Waals surface area contributed by atoms with Crippen LogP contribution in [-0.4, -0.2) is 48.0 Å². The normalized spacial score (nSPS) is 18.5. The first kappa shape index (κ1) is 14.9. The molecule has 0 radical (unpaired) electrons. The highest BCUT2D eigenvalue weighted by Crippen LogP contribution is 2.38. The highest BCUT2D eigenvalue weighted by Gasteiger charge is 2.29. The Morgan fingerprint density at radius 2 is 1.83 bits per heavy atom. The van der Waals surface area contributed by atoms with E-state index in [-0.39, 0.29) is 0 Å². The molecule has 0 saturated carbocycles. The number of aryl methyl sites for hydroxylation is 1. The zero-order valence-corrected chi connectivity index (χ0v) is 14.6. The molecule has 1 aliphatic heterocycles. The van der Waals surface area contributed by atoms with Gasteiger partial charge in [-0.2, -0.15) is 0 Å². The van der Waals surface area contributed by atoms with Crippen molar-refractivity contribution < 1.29 is 0 Å². The van der Waals surface area contributed by atoms with Crippen LogP contribution in [0.5, 0.6) is 0 Å². The number of benzene rings is 1. The summed E-state index contributed by atoms with van der Waals surface area (Å²) in [7, 11) is 2.22. The van der Waals surface area contributed by atoms with Gasteiger partial charge < -0.3 is 9.88 Å². The Morgan fingerprint density at radius 1 is 1.04 bits per heavy atom. The van der Waals surface area contributed by atoms with Crippen LogP contribution in [0.4, 0.5) is 0 Å². The average Bonchev–Trinajstić information content (AvgIpc) is 3.18. The van der Waals surface area contributed by atoms with Crippen molar-refractivity contribution in [1.82, 2.24) is 14.8 Å². The molecule has 0 bridgehead atoms. The Labute approximate surface area is 141 Å². The van der Waals surface area contributed by atoms with Crippen molar-refractivity contribution in [3.05, 3.63) is 57.9 Å². The molecule has 3 nitrogen and oxygen atoms in total. The molecular formula is C19H23N3S. The van der Waals surface area contributed by atoms with Gasteiger partial charge in [0.25, 0.3) is 0 Å². The van der Waals surface area contributed by atoms with E-state index in [0.29, 0.717) is 6.04 Å². The molecule has 1 fully saturated rings. The summed E-state index contributed by atoms with van der Waals surface area (Å²) in [6, 6.07) is 13.5. The maximum atomic E-state index is 3.58. The lowest BCUT2D eigenvalue weighted by Gasteiger charge is -2.38. The third-order valence-electron chi connectivity index (χ3n) is 4.93. The van der Waals surface area contributed by atoms with E-state index in [4.69, 9.17) is 0 Å². The van der Waals surface area contributed by atoms with Crippen LogP contribution in [0.15, 0.2) is 41.8 Å². The topological polar surface area (TPSA) is 22.3 Å². The van der Waals surface area contributed by atoms with Crippen LogP contribution in [0.25, 0.3) is 10.9 Å². The minimum absolute atomic E-state index is 0.361. The number of rotatable bonds is 3. The first-order chi connectivity index (χ1) is 11.2. The van der Waals surface area contributed by atoms with Crippen molar-refractivity contribution in [1.29, 1.82) is 0 Å². The summed E-state index contributed by atoms with van der Waals surface area (Å²) in [5.41, 5.74) is 3.99. The number of piperazine rings is 1. The van der Waals surface area contributed by atoms with Gasteiger partial charge in [-0.15, -0.1) is 11.3 Å². The summed E-state index contributed by atoms with van der Waals surface area (Å²) in [5.74, 6) is 0. The predicted molar refractivity (Wildman–Crippen MR) is 98.3 cm³/mol. The lowest BCUT2D eigenvalue weighted by molar-refractivity contribution is 0.129. The van der Waals surface area contributed by atoms with Gasteiger partial charge in [0.15, 0.2) is 0 Å². The van der Waals surface area contributed by atoms with Crippen LogP contribution in [-0.2, 0) is 0 Å². The van der Waals surface area contributed by atoms with E-state index in [2.05, 4.69) is 70.5 Å². The van der Waals surface area contributed by atoms with Gasteiger partial charge in [0.1, 0.15) is 0 Å². The Bertz CT molecular complexity index is 782. The molecule has 3 heterocycles. The van der Waals surface area contributed by atoms with E-state index in [0.717, 1.165) is 26.2 Å². The van der Waals surface area contributed by atoms with E-state index in [9.17, 15) is 0 Å². The van der Waals surface area contributed by atoms with Crippen LogP contribution < -0.4 is 0 Å². The number of aromatic nitrogens is 1. The fourth-order valence-electron chi connectivity index (χ4n) is 3.68. The number of H-pyrrole nitrogens is 1. The second kappa shape index (κ2) is 6.11. The van der Waals surface area contributed by atoms with E-state index in [1.54, 1.807) is 0 Å². The second-order valence-corrected chi connectivity index (χ2v) is 7.45. The van der Waals surface area contributed by atoms with Gasteiger partial charge in [0, 0.05) is 53.2 Å². The minimum atomic E-state index is 0.361. The van der Waals surface area contributed by atoms with Gasteiger partial charge in [0.05, 0.1) is 6.04 Å². The van der Waals surface area contributed by atoms with Crippen LogP contribution in [0.2, 0.25) is 0 Å². The van der Waals surface area contributed by atoms with Crippen molar-refractivity contribution in [2.24, 2.45) is 0 Å². The molecule has 1 aromatic carbocycles. The standard InChI is InChI=1S/C19H23N3S/c1-14-18(15-6-3-4-7-16(15)20-14)19(17-8-5-13-23-17)22-11-9-21(2)10-12-22/h3-8,13,19-20H,9-12H2,1-2H3/t19-/m0/s1. The number of para-hydroxylation sites is 1. The van der Waals surface area contributed by atoms with Gasteiger partial charge in [-0.1, -0.05) is 24.3 Å². The Morgan fingerprint density at radius 3 is 2.57 bits per heavy atom. The summed E-state index contributed by atoms with van der Waals surface area (Å²) in [6.07, 6.45) is 0. The number of hydrogen-bond donors (Lipinski definition) is 1. The first-order valence-corrected chi connectivity index (χ1v) is 9.15. The fraction of sp³-hybridized carbons (Fsp3) is 0.368. The molecule has 1 saturated heterocycles. The fourth-order valence-corrected chi connectivity index (χ4v) is 4.55. The van der Waals surface area contributed by atoms with E-state index >= 15 is 0 Å². The molecule has 23 heavy (non-hydrogen) atoms. The molecule has 2 aromatic heterocycles. The van der Waals surface area contributed by atoms with Crippen molar-refractivity contribution in [3.63, 3.8) is 0 Å². The summed E-state index contributed by atoms with van der Waals surface area (Å²) in [6.45, 7) is 6.74. The molecule has 0 aliphatic carbocycles. The molecule has 1 atom stereocenters. The third-order valence-corrected chi connectivity index (χ3v) is 5.86. The SMILES string of the molecule is Cc1[nH]c2ccccc2c1[C@H](c1cccs1)N1CCN(C)CC1. The van der Waals surface area contributed by atoms with Crippen molar-refractivity contribution in [3.8, 4) is 0 Å². The number of nitrogens with one attached hydrogen (secondary N) is 1. The number of nitrogens with zero attached hydrogens (tertiary/aromatic N) is 2. The van der Waals surface area contributed by atoms with Crippen LogP contribution >= 0.6 is 11.3 Å². The van der Waals surface area contributed by atoms with Gasteiger partial charge in [-0.3, -0.25) is 4.90 Å². The maximum Gasteiger partial charge on any atom is 0.0720 e. The summed E-state index contributed by atoms with van der Waals surface area (Å²) >= 11 is 1.87. The van der Waals surface area contributed by atoms with Gasteiger partial charge >= 0.3 is 0 Å². The number of hydrogen-bond acceptors (Lipinski definition) is 3. The molecule has 4 rings (SSSR count). The molecule has 0 unspecified atom stereocenters. The van der Waals surface area contributed by atoms with Crippen LogP contribution in [0.3, 0.4) is 0 Å². The first-order valence-electron chi connectivity index (χ1n) is 8.27. The third kappa shape index (κ3) is 2.71. The molecule has 120 valence electrons. The highest BCUT2D eigenvalue weighted by atomic mass is 32.1. The second-order valence-electron chi connectivity index (χ2n) is 6.47. The lowest BCUT2D eigenvalue weighted by Crippen LogP contribution is -2.46. The Balaban J connectivity index is 1.83. The molecule has 4 heteroatoms. The molecule has 1 N–H and O–H groups in total. The summed E-state index contributed by atoms with van der Waals surface area (Å²) in [5, 5.41) is 3.56. The molecule has 3 aromatic rings. The van der Waals surface area contributed by atoms with Gasteiger partial charge in [-0.05, 0) is 31.5 Å². The zero-order valence-electron chi connectivity index (χ0n) is 13.7. The molecule has 1 aliphatic rings. The van der Waals surface area contributed by atoms with Gasteiger partial charge in [0.2, 0.25) is 0 Å². The van der Waals surface area contributed by atoms with Crippen molar-refractivity contribution in [2.75, 3.05) is 33.2 Å². The number of thiophene rings is 1.